The fraction of sp³-hybridized carbons (Fsp3) is 0.111. The van der Waals surface area contributed by atoms with E-state index >= 15 is 0 Å². The minimum Gasteiger partial charge on any atom is -0.449 e. The van der Waals surface area contributed by atoms with Crippen molar-refractivity contribution in [2.24, 2.45) is 5.73 Å². The number of esters is 1. The Balaban J connectivity index is 1.52. The second kappa shape index (κ2) is 8.90. The van der Waals surface area contributed by atoms with Crippen molar-refractivity contribution < 1.29 is 23.1 Å². The second-order valence-corrected chi connectivity index (χ2v) is 9.12. The van der Waals surface area contributed by atoms with E-state index in [1.165, 1.54) is 30.3 Å². The maximum atomic E-state index is 14.8. The number of ether oxygens (including phenoxy) is 2. The molecule has 180 valence electrons. The Bertz CT molecular complexity index is 1630. The number of benzene rings is 3. The second-order valence-electron chi connectivity index (χ2n) is 8.30. The van der Waals surface area contributed by atoms with Crippen LogP contribution in [-0.4, -0.2) is 5.97 Å². The van der Waals surface area contributed by atoms with Crippen molar-refractivity contribution in [1.82, 2.24) is 0 Å². The van der Waals surface area contributed by atoms with Gasteiger partial charge in [0.05, 0.1) is 5.92 Å². The molecule has 1 aromatic heterocycles. The summed E-state index contributed by atoms with van der Waals surface area (Å²) in [6.45, 7) is 3.58. The summed E-state index contributed by atoms with van der Waals surface area (Å²) >= 11 is 12.5. The molecule has 9 heteroatoms. The SMILES string of the molecule is Cc1cc2oc(C(=O)Oc3ccc4c(c3)OC(N)=C(C#N)C4c3c(F)cccc3Cl)c(C)c2cc1Cl. The van der Waals surface area contributed by atoms with Gasteiger partial charge in [-0.1, -0.05) is 35.3 Å². The summed E-state index contributed by atoms with van der Waals surface area (Å²) in [5, 5.41) is 11.1. The number of furan rings is 1. The van der Waals surface area contributed by atoms with E-state index in [2.05, 4.69) is 0 Å². The monoisotopic (exact) mass is 522 g/mol. The first-order valence-corrected chi connectivity index (χ1v) is 11.5. The zero-order valence-corrected chi connectivity index (χ0v) is 20.5. The molecule has 3 aromatic carbocycles. The van der Waals surface area contributed by atoms with Crippen LogP contribution in [0.15, 0.2) is 64.4 Å². The predicted molar refractivity (Wildman–Crippen MR) is 133 cm³/mol. The summed E-state index contributed by atoms with van der Waals surface area (Å²) < 4.78 is 31.7. The normalized spacial score (nSPS) is 14.8. The third-order valence-corrected chi connectivity index (χ3v) is 6.83. The molecule has 0 radical (unpaired) electrons. The molecule has 4 aromatic rings. The quantitative estimate of drug-likeness (QED) is 0.231. The number of nitrogens with two attached hydrogens (primary N) is 1. The third-order valence-electron chi connectivity index (χ3n) is 6.09. The van der Waals surface area contributed by atoms with Crippen LogP contribution in [0.3, 0.4) is 0 Å². The van der Waals surface area contributed by atoms with E-state index in [4.69, 9.17) is 42.8 Å². The van der Waals surface area contributed by atoms with Gasteiger partial charge in [0.15, 0.2) is 0 Å². The lowest BCUT2D eigenvalue weighted by atomic mass is 9.83. The summed E-state index contributed by atoms with van der Waals surface area (Å²) in [5.41, 5.74) is 8.48. The van der Waals surface area contributed by atoms with Gasteiger partial charge >= 0.3 is 5.97 Å². The highest BCUT2D eigenvalue weighted by Crippen LogP contribution is 2.46. The van der Waals surface area contributed by atoms with Crippen LogP contribution in [-0.2, 0) is 0 Å². The van der Waals surface area contributed by atoms with Crippen LogP contribution in [0.2, 0.25) is 10.0 Å². The highest BCUT2D eigenvalue weighted by Gasteiger charge is 2.34. The van der Waals surface area contributed by atoms with Gasteiger partial charge in [-0.25, -0.2) is 9.18 Å². The number of nitrogens with zero attached hydrogens (tertiary/aromatic N) is 1. The van der Waals surface area contributed by atoms with Crippen molar-refractivity contribution in [1.29, 1.82) is 5.26 Å². The smallest absolute Gasteiger partial charge is 0.379 e. The number of nitriles is 1. The van der Waals surface area contributed by atoms with Crippen LogP contribution in [0.25, 0.3) is 11.0 Å². The lowest BCUT2D eigenvalue weighted by molar-refractivity contribution is 0.0702. The molecule has 1 atom stereocenters. The highest BCUT2D eigenvalue weighted by molar-refractivity contribution is 6.32. The van der Waals surface area contributed by atoms with Crippen LogP contribution in [0.4, 0.5) is 4.39 Å². The van der Waals surface area contributed by atoms with Crippen molar-refractivity contribution in [3.63, 3.8) is 0 Å². The van der Waals surface area contributed by atoms with Crippen LogP contribution in [0.5, 0.6) is 11.5 Å². The molecular weight excluding hydrogens is 506 g/mol. The van der Waals surface area contributed by atoms with Crippen LogP contribution < -0.4 is 15.2 Å². The average Bonchev–Trinajstić information content (AvgIpc) is 3.14. The number of rotatable bonds is 3. The molecule has 0 fully saturated rings. The predicted octanol–water partition coefficient (Wildman–Crippen LogP) is 6.93. The van der Waals surface area contributed by atoms with Gasteiger partial charge in [0.2, 0.25) is 11.6 Å². The van der Waals surface area contributed by atoms with Crippen molar-refractivity contribution >= 4 is 40.1 Å². The summed E-state index contributed by atoms with van der Waals surface area (Å²) in [6.07, 6.45) is 0. The topological polar surface area (TPSA) is 98.5 Å². The molecule has 0 amide bonds. The largest absolute Gasteiger partial charge is 0.449 e. The summed E-state index contributed by atoms with van der Waals surface area (Å²) in [6, 6.07) is 14.3. The number of fused-ring (bicyclic) bond motifs is 2. The Morgan fingerprint density at radius 2 is 1.92 bits per heavy atom. The molecule has 1 unspecified atom stereocenters. The van der Waals surface area contributed by atoms with Crippen molar-refractivity contribution in [3.8, 4) is 17.6 Å². The van der Waals surface area contributed by atoms with E-state index in [1.807, 2.05) is 13.0 Å². The van der Waals surface area contributed by atoms with Crippen LogP contribution >= 0.6 is 23.2 Å². The minimum atomic E-state index is -0.900. The Morgan fingerprint density at radius 3 is 2.64 bits per heavy atom. The molecule has 0 bridgehead atoms. The van der Waals surface area contributed by atoms with E-state index < -0.39 is 17.7 Å². The maximum absolute atomic E-state index is 14.8. The first-order valence-electron chi connectivity index (χ1n) is 10.8. The molecule has 2 N–H and O–H groups in total. The molecule has 0 saturated carbocycles. The lowest BCUT2D eigenvalue weighted by Gasteiger charge is -2.27. The number of halogens is 3. The van der Waals surface area contributed by atoms with Crippen LogP contribution in [0, 0.1) is 31.0 Å². The van der Waals surface area contributed by atoms with E-state index in [0.29, 0.717) is 27.1 Å². The van der Waals surface area contributed by atoms with Gasteiger partial charge in [-0.15, -0.1) is 0 Å². The maximum Gasteiger partial charge on any atom is 0.379 e. The molecule has 0 aliphatic carbocycles. The van der Waals surface area contributed by atoms with Gasteiger partial charge in [-0.2, -0.15) is 5.26 Å². The summed E-state index contributed by atoms with van der Waals surface area (Å²) in [4.78, 5) is 12.9. The van der Waals surface area contributed by atoms with Gasteiger partial charge < -0.3 is 19.6 Å². The first kappa shape index (κ1) is 23.7. The average molecular weight is 523 g/mol. The first-order chi connectivity index (χ1) is 17.2. The molecule has 1 aliphatic rings. The fourth-order valence-electron chi connectivity index (χ4n) is 4.27. The molecule has 6 nitrogen and oxygen atoms in total. The summed E-state index contributed by atoms with van der Waals surface area (Å²) in [5.74, 6) is -2.03. The minimum absolute atomic E-state index is 0.0195. The molecule has 36 heavy (non-hydrogen) atoms. The zero-order valence-electron chi connectivity index (χ0n) is 19.0. The summed E-state index contributed by atoms with van der Waals surface area (Å²) in [7, 11) is 0. The Kier molecular flexibility index (Phi) is 5.87. The Hall–Kier alpha value is -3.99. The standard InChI is InChI=1S/C27H17Cl2FN2O4/c1-12-8-21-16(10-19(12)29)13(2)25(35-21)27(33)34-14-6-7-15-22(9-14)36-26(32)17(11-31)23(15)24-18(28)4-3-5-20(24)30/h3-10,23H,32H2,1-2H3. The molecule has 0 saturated heterocycles. The van der Waals surface area contributed by atoms with E-state index in [1.54, 1.807) is 25.1 Å². The van der Waals surface area contributed by atoms with E-state index in [-0.39, 0.29) is 39.3 Å². The van der Waals surface area contributed by atoms with E-state index in [9.17, 15) is 14.4 Å². The lowest BCUT2D eigenvalue weighted by Crippen LogP contribution is -2.22. The van der Waals surface area contributed by atoms with E-state index in [0.717, 1.165) is 5.56 Å². The number of carbonyl (C=O) groups excluding carboxylic acids is 1. The van der Waals surface area contributed by atoms with Crippen molar-refractivity contribution in [2.45, 2.75) is 19.8 Å². The van der Waals surface area contributed by atoms with Gasteiger partial charge in [-0.05, 0) is 49.7 Å². The van der Waals surface area contributed by atoms with Gasteiger partial charge in [0.1, 0.15) is 34.5 Å². The molecule has 1 aliphatic heterocycles. The Labute approximate surface area is 215 Å². The molecular formula is C27H17Cl2FN2O4. The molecule has 2 heterocycles. The Morgan fingerprint density at radius 1 is 1.14 bits per heavy atom. The number of hydrogen-bond acceptors (Lipinski definition) is 6. The number of hydrogen-bond donors (Lipinski definition) is 1. The van der Waals surface area contributed by atoms with Crippen LogP contribution in [0.1, 0.15) is 38.7 Å². The number of aryl methyl sites for hydroxylation is 2. The highest BCUT2D eigenvalue weighted by atomic mass is 35.5. The third kappa shape index (κ3) is 3.85. The fourth-order valence-corrected chi connectivity index (χ4v) is 4.71. The van der Waals surface area contributed by atoms with Gasteiger partial charge in [-0.3, -0.25) is 0 Å². The molecule has 0 spiro atoms. The van der Waals surface area contributed by atoms with Crippen molar-refractivity contribution in [2.75, 3.05) is 0 Å². The van der Waals surface area contributed by atoms with Gasteiger partial charge in [0, 0.05) is 38.2 Å². The molecule has 5 rings (SSSR count). The van der Waals surface area contributed by atoms with Crippen molar-refractivity contribution in [3.05, 3.63) is 104 Å². The zero-order chi connectivity index (χ0) is 25.7. The number of carbonyl (C=O) groups is 1. The van der Waals surface area contributed by atoms with Gasteiger partial charge in [0.25, 0.3) is 0 Å². The number of allylic oxidation sites excluding steroid dienone is 1.